The highest BCUT2D eigenvalue weighted by molar-refractivity contribution is 7.89. The molecular formula is C22H29N3O4S. The van der Waals surface area contributed by atoms with Gasteiger partial charge in [-0.15, -0.1) is 0 Å². The smallest absolute Gasteiger partial charge is 0.243 e. The molecule has 1 fully saturated rings. The first kappa shape index (κ1) is 22.3. The normalized spacial score (nSPS) is 14.7. The number of rotatable bonds is 8. The summed E-state index contributed by atoms with van der Waals surface area (Å²) in [5.74, 6) is 0.573. The van der Waals surface area contributed by atoms with Crippen LogP contribution in [0.2, 0.25) is 0 Å². The van der Waals surface area contributed by atoms with E-state index in [1.54, 1.807) is 17.0 Å². The second-order valence-electron chi connectivity index (χ2n) is 7.38. The minimum atomic E-state index is -3.77. The summed E-state index contributed by atoms with van der Waals surface area (Å²) in [5, 5.41) is 3.22. The van der Waals surface area contributed by atoms with Crippen LogP contribution in [0.4, 0.5) is 0 Å². The summed E-state index contributed by atoms with van der Waals surface area (Å²) in [6.45, 7) is 5.16. The molecule has 3 rings (SSSR count). The molecule has 30 heavy (non-hydrogen) atoms. The molecule has 0 spiro atoms. The zero-order chi connectivity index (χ0) is 21.6. The average molecular weight is 432 g/mol. The van der Waals surface area contributed by atoms with Gasteiger partial charge in [-0.05, 0) is 36.8 Å². The van der Waals surface area contributed by atoms with Crippen LogP contribution in [0.3, 0.4) is 0 Å². The number of benzene rings is 2. The minimum Gasteiger partial charge on any atom is -0.497 e. The Balaban J connectivity index is 1.81. The third kappa shape index (κ3) is 5.59. The third-order valence-electron chi connectivity index (χ3n) is 5.18. The van der Waals surface area contributed by atoms with Crippen molar-refractivity contribution in [3.8, 4) is 5.75 Å². The number of amides is 1. The van der Waals surface area contributed by atoms with Crippen molar-refractivity contribution >= 4 is 15.9 Å². The van der Waals surface area contributed by atoms with Crippen molar-refractivity contribution in [2.75, 3.05) is 39.8 Å². The fourth-order valence-electron chi connectivity index (χ4n) is 3.49. The lowest BCUT2D eigenvalue weighted by Crippen LogP contribution is -2.47. The third-order valence-corrected chi connectivity index (χ3v) is 7.04. The second-order valence-corrected chi connectivity index (χ2v) is 9.32. The Morgan fingerprint density at radius 1 is 1.13 bits per heavy atom. The van der Waals surface area contributed by atoms with Gasteiger partial charge < -0.3 is 15.0 Å². The molecular weight excluding hydrogens is 402 g/mol. The van der Waals surface area contributed by atoms with Crippen LogP contribution in [-0.4, -0.2) is 63.4 Å². The monoisotopic (exact) mass is 431 g/mol. The molecule has 1 amide bonds. The largest absolute Gasteiger partial charge is 0.497 e. The van der Waals surface area contributed by atoms with Gasteiger partial charge >= 0.3 is 0 Å². The Kier molecular flexibility index (Phi) is 7.47. The predicted octanol–water partition coefficient (Wildman–Crippen LogP) is 2.02. The van der Waals surface area contributed by atoms with E-state index in [9.17, 15) is 13.2 Å². The number of carbonyl (C=O) groups is 1. The first-order chi connectivity index (χ1) is 14.4. The Morgan fingerprint density at radius 3 is 2.47 bits per heavy atom. The molecule has 1 aliphatic heterocycles. The number of sulfonamides is 1. The maximum Gasteiger partial charge on any atom is 0.243 e. The zero-order valence-electron chi connectivity index (χ0n) is 17.5. The molecule has 1 saturated heterocycles. The quantitative estimate of drug-likeness (QED) is 0.692. The molecule has 0 aliphatic carbocycles. The second kappa shape index (κ2) is 10.1. The highest BCUT2D eigenvalue weighted by atomic mass is 32.2. The lowest BCUT2D eigenvalue weighted by molar-refractivity contribution is -0.131. The summed E-state index contributed by atoms with van der Waals surface area (Å²) < 4.78 is 33.2. The molecule has 0 bridgehead atoms. The van der Waals surface area contributed by atoms with Crippen LogP contribution in [0.15, 0.2) is 53.4 Å². The van der Waals surface area contributed by atoms with E-state index in [4.69, 9.17) is 4.74 Å². The first-order valence-electron chi connectivity index (χ1n) is 10.1. The number of ether oxygens (including phenoxy) is 1. The number of hydrogen-bond donors (Lipinski definition) is 1. The molecule has 7 nitrogen and oxygen atoms in total. The summed E-state index contributed by atoms with van der Waals surface area (Å²) in [6.07, 6.45) is 0.154. The van der Waals surface area contributed by atoms with Crippen molar-refractivity contribution in [3.63, 3.8) is 0 Å². The molecule has 2 aromatic carbocycles. The fourth-order valence-corrected chi connectivity index (χ4v) is 4.92. The van der Waals surface area contributed by atoms with E-state index in [2.05, 4.69) is 5.32 Å². The summed E-state index contributed by atoms with van der Waals surface area (Å²) in [5.41, 5.74) is 1.95. The van der Waals surface area contributed by atoms with E-state index in [1.165, 1.54) is 23.5 Å². The molecule has 2 aromatic rings. The lowest BCUT2D eigenvalue weighted by atomic mass is 10.1. The Bertz CT molecular complexity index is 955. The summed E-state index contributed by atoms with van der Waals surface area (Å²) in [6, 6.07) is 14.1. The molecule has 0 radical (unpaired) electrons. The van der Waals surface area contributed by atoms with Crippen molar-refractivity contribution in [1.82, 2.24) is 14.5 Å². The van der Waals surface area contributed by atoms with Gasteiger partial charge in [0.2, 0.25) is 15.9 Å². The maximum atomic E-state index is 13.4. The van der Waals surface area contributed by atoms with Gasteiger partial charge in [-0.1, -0.05) is 29.8 Å². The van der Waals surface area contributed by atoms with E-state index in [1.807, 2.05) is 31.2 Å². The molecule has 0 atom stereocenters. The Hall–Kier alpha value is -2.42. The van der Waals surface area contributed by atoms with Gasteiger partial charge in [-0.25, -0.2) is 8.42 Å². The van der Waals surface area contributed by atoms with E-state index in [-0.39, 0.29) is 30.3 Å². The maximum absolute atomic E-state index is 13.4. The number of hydrogen-bond acceptors (Lipinski definition) is 5. The Morgan fingerprint density at radius 2 is 1.83 bits per heavy atom. The van der Waals surface area contributed by atoms with Crippen LogP contribution < -0.4 is 10.1 Å². The van der Waals surface area contributed by atoms with E-state index in [0.29, 0.717) is 18.8 Å². The van der Waals surface area contributed by atoms with Gasteiger partial charge in [-0.2, -0.15) is 4.31 Å². The Labute approximate surface area is 178 Å². The number of nitrogens with zero attached hydrogens (tertiary/aromatic N) is 2. The van der Waals surface area contributed by atoms with Crippen molar-refractivity contribution in [1.29, 1.82) is 0 Å². The molecule has 8 heteroatoms. The summed E-state index contributed by atoms with van der Waals surface area (Å²) in [7, 11) is -2.23. The molecule has 162 valence electrons. The zero-order valence-corrected chi connectivity index (χ0v) is 18.3. The fraction of sp³-hybridized carbons (Fsp3) is 0.409. The van der Waals surface area contributed by atoms with Crippen LogP contribution >= 0.6 is 0 Å². The van der Waals surface area contributed by atoms with Gasteiger partial charge in [-0.3, -0.25) is 4.79 Å². The number of aryl methyl sites for hydroxylation is 1. The SMILES string of the molecule is COc1ccc(S(=O)(=O)N(CCC(=O)N2CCNCC2)Cc2cccc(C)c2)cc1. The average Bonchev–Trinajstić information content (AvgIpc) is 2.77. The standard InChI is InChI=1S/C22H29N3O4S/c1-18-4-3-5-19(16-18)17-25(13-10-22(26)24-14-11-23-12-15-24)30(27,28)21-8-6-20(29-2)7-9-21/h3-9,16,23H,10-15,17H2,1-2H3. The highest BCUT2D eigenvalue weighted by Gasteiger charge is 2.26. The van der Waals surface area contributed by atoms with Crippen molar-refractivity contribution in [3.05, 3.63) is 59.7 Å². The molecule has 0 saturated carbocycles. The van der Waals surface area contributed by atoms with Gasteiger partial charge in [0, 0.05) is 45.7 Å². The number of piperazine rings is 1. The van der Waals surface area contributed by atoms with Gasteiger partial charge in [0.25, 0.3) is 0 Å². The van der Waals surface area contributed by atoms with Crippen molar-refractivity contribution in [2.24, 2.45) is 0 Å². The number of nitrogens with one attached hydrogen (secondary N) is 1. The van der Waals surface area contributed by atoms with Crippen LogP contribution in [-0.2, 0) is 21.4 Å². The lowest BCUT2D eigenvalue weighted by Gasteiger charge is -2.29. The first-order valence-corrected chi connectivity index (χ1v) is 11.5. The topological polar surface area (TPSA) is 79.0 Å². The molecule has 1 N–H and O–H groups in total. The van der Waals surface area contributed by atoms with Crippen molar-refractivity contribution in [2.45, 2.75) is 24.8 Å². The number of carbonyl (C=O) groups excluding carboxylic acids is 1. The van der Waals surface area contributed by atoms with E-state index < -0.39 is 10.0 Å². The molecule has 1 heterocycles. The van der Waals surface area contributed by atoms with E-state index in [0.717, 1.165) is 24.2 Å². The van der Waals surface area contributed by atoms with Crippen LogP contribution in [0.1, 0.15) is 17.5 Å². The summed E-state index contributed by atoms with van der Waals surface area (Å²) >= 11 is 0. The molecule has 0 unspecified atom stereocenters. The molecule has 1 aliphatic rings. The van der Waals surface area contributed by atoms with Gasteiger partial charge in [0.05, 0.1) is 12.0 Å². The minimum absolute atomic E-state index is 0.0179. The van der Waals surface area contributed by atoms with Crippen LogP contribution in [0.5, 0.6) is 5.75 Å². The summed E-state index contributed by atoms with van der Waals surface area (Å²) in [4.78, 5) is 14.6. The highest BCUT2D eigenvalue weighted by Crippen LogP contribution is 2.22. The van der Waals surface area contributed by atoms with Gasteiger partial charge in [0.1, 0.15) is 5.75 Å². The predicted molar refractivity (Wildman–Crippen MR) is 116 cm³/mol. The van der Waals surface area contributed by atoms with Crippen molar-refractivity contribution < 1.29 is 17.9 Å². The van der Waals surface area contributed by atoms with Crippen LogP contribution in [0, 0.1) is 6.92 Å². The van der Waals surface area contributed by atoms with E-state index >= 15 is 0 Å². The molecule has 0 aromatic heterocycles. The van der Waals surface area contributed by atoms with Gasteiger partial charge in [0.15, 0.2) is 0 Å². The van der Waals surface area contributed by atoms with Crippen LogP contribution in [0.25, 0.3) is 0 Å². The number of methoxy groups -OCH3 is 1.